The van der Waals surface area contributed by atoms with Gasteiger partial charge in [-0.2, -0.15) is 0 Å². The number of ether oxygens (including phenoxy) is 2. The van der Waals surface area contributed by atoms with E-state index in [1.165, 1.54) is 116 Å². The van der Waals surface area contributed by atoms with E-state index in [9.17, 15) is 19.0 Å². The van der Waals surface area contributed by atoms with Gasteiger partial charge in [-0.05, 0) is 64.2 Å². The van der Waals surface area contributed by atoms with Gasteiger partial charge in [0.15, 0.2) is 6.10 Å². The van der Waals surface area contributed by atoms with Crippen molar-refractivity contribution in [2.75, 3.05) is 47.5 Å². The Hall–Kier alpha value is -1.51. The van der Waals surface area contributed by atoms with Crippen LogP contribution in [0.1, 0.15) is 194 Å². The van der Waals surface area contributed by atoms with Crippen LogP contribution in [0.4, 0.5) is 0 Å². The monoisotopic (exact) mass is 787 g/mol. The minimum atomic E-state index is -4.38. The van der Waals surface area contributed by atoms with Crippen molar-refractivity contribution in [2.24, 2.45) is 0 Å². The van der Waals surface area contributed by atoms with Crippen molar-refractivity contribution in [1.29, 1.82) is 0 Å². The zero-order valence-corrected chi connectivity index (χ0v) is 36.6. The molecule has 10 heteroatoms. The van der Waals surface area contributed by atoms with Crippen molar-refractivity contribution in [1.82, 2.24) is 0 Å². The second-order valence-corrected chi connectivity index (χ2v) is 17.5. The maximum Gasteiger partial charge on any atom is 0.472 e. The molecule has 0 saturated carbocycles. The molecule has 0 rings (SSSR count). The summed E-state index contributed by atoms with van der Waals surface area (Å²) in [5.74, 6) is -0.846. The quantitative estimate of drug-likeness (QED) is 0.0215. The molecule has 0 spiro atoms. The first kappa shape index (κ1) is 52.5. The van der Waals surface area contributed by atoms with E-state index >= 15 is 0 Å². The van der Waals surface area contributed by atoms with E-state index in [0.717, 1.165) is 38.5 Å². The molecule has 0 aliphatic carbocycles. The molecule has 54 heavy (non-hydrogen) atoms. The van der Waals surface area contributed by atoms with Crippen molar-refractivity contribution < 1.29 is 42.1 Å². The third-order valence-electron chi connectivity index (χ3n) is 9.45. The van der Waals surface area contributed by atoms with Gasteiger partial charge in [0.2, 0.25) is 0 Å². The molecule has 0 fully saturated rings. The molecule has 0 aromatic carbocycles. The topological polar surface area (TPSA) is 108 Å². The Bertz CT molecular complexity index is 980. The van der Waals surface area contributed by atoms with E-state index in [2.05, 4.69) is 38.2 Å². The van der Waals surface area contributed by atoms with Gasteiger partial charge in [0.05, 0.1) is 27.7 Å². The predicted molar refractivity (Wildman–Crippen MR) is 224 cm³/mol. The highest BCUT2D eigenvalue weighted by atomic mass is 31.2. The zero-order chi connectivity index (χ0) is 40.0. The SMILES string of the molecule is CCCCCCCCCCC/C=C\CCCCC(=O)OCC(COP(=O)(O)OCC[N+](C)(C)C)OC(=O)CCCC/C=C\CCCCCCCCCCC. The second kappa shape index (κ2) is 37.1. The van der Waals surface area contributed by atoms with Crippen molar-refractivity contribution in [2.45, 2.75) is 200 Å². The minimum Gasteiger partial charge on any atom is -0.462 e. The summed E-state index contributed by atoms with van der Waals surface area (Å²) in [6.07, 6.45) is 39.4. The Morgan fingerprint density at radius 3 is 1.37 bits per heavy atom. The highest BCUT2D eigenvalue weighted by molar-refractivity contribution is 7.47. The van der Waals surface area contributed by atoms with Crippen LogP contribution in [-0.4, -0.2) is 74.9 Å². The second-order valence-electron chi connectivity index (χ2n) is 16.1. The van der Waals surface area contributed by atoms with Crippen LogP contribution in [0.5, 0.6) is 0 Å². The summed E-state index contributed by atoms with van der Waals surface area (Å²) >= 11 is 0. The van der Waals surface area contributed by atoms with Gasteiger partial charge < -0.3 is 18.9 Å². The van der Waals surface area contributed by atoms with E-state index < -0.39 is 32.5 Å². The Morgan fingerprint density at radius 1 is 0.556 bits per heavy atom. The van der Waals surface area contributed by atoms with Crippen molar-refractivity contribution in [3.63, 3.8) is 0 Å². The summed E-state index contributed by atoms with van der Waals surface area (Å²) in [6, 6.07) is 0. The highest BCUT2D eigenvalue weighted by Crippen LogP contribution is 2.43. The molecule has 0 amide bonds. The number of quaternary nitrogens is 1. The van der Waals surface area contributed by atoms with E-state index in [1.807, 2.05) is 21.1 Å². The third-order valence-corrected chi connectivity index (χ3v) is 10.4. The summed E-state index contributed by atoms with van der Waals surface area (Å²) < 4.78 is 34.2. The summed E-state index contributed by atoms with van der Waals surface area (Å²) in [5, 5.41) is 0. The summed E-state index contributed by atoms with van der Waals surface area (Å²) in [6.45, 7) is 4.38. The first-order chi connectivity index (χ1) is 26.0. The van der Waals surface area contributed by atoms with Gasteiger partial charge in [0, 0.05) is 12.8 Å². The number of unbranched alkanes of at least 4 members (excludes halogenated alkanes) is 22. The Kier molecular flexibility index (Phi) is 36.1. The Labute approximate surface area is 332 Å². The number of likely N-dealkylation sites (N-methyl/N-ethyl adjacent to an activating group) is 1. The van der Waals surface area contributed by atoms with Crippen LogP contribution >= 0.6 is 7.82 Å². The van der Waals surface area contributed by atoms with E-state index in [4.69, 9.17) is 18.5 Å². The molecule has 2 atom stereocenters. The number of nitrogens with zero attached hydrogens (tertiary/aromatic N) is 1. The van der Waals surface area contributed by atoms with Gasteiger partial charge in [0.1, 0.15) is 19.8 Å². The number of esters is 2. The van der Waals surface area contributed by atoms with Crippen molar-refractivity contribution in [3.8, 4) is 0 Å². The number of carbonyl (C=O) groups excluding carboxylic acids is 2. The van der Waals surface area contributed by atoms with Crippen LogP contribution in [0.2, 0.25) is 0 Å². The van der Waals surface area contributed by atoms with Crippen LogP contribution in [0.3, 0.4) is 0 Å². The molecule has 0 bridgehead atoms. The lowest BCUT2D eigenvalue weighted by Gasteiger charge is -2.24. The van der Waals surface area contributed by atoms with Crippen LogP contribution in [0.25, 0.3) is 0 Å². The maximum absolute atomic E-state index is 12.7. The van der Waals surface area contributed by atoms with Crippen molar-refractivity contribution in [3.05, 3.63) is 24.3 Å². The average molecular weight is 787 g/mol. The molecule has 0 saturated heterocycles. The largest absolute Gasteiger partial charge is 0.472 e. The molecular weight excluding hydrogens is 701 g/mol. The minimum absolute atomic E-state index is 0.0266. The normalized spacial score (nSPS) is 13.8. The first-order valence-electron chi connectivity index (χ1n) is 22.1. The van der Waals surface area contributed by atoms with Gasteiger partial charge in [-0.1, -0.05) is 141 Å². The van der Waals surface area contributed by atoms with Gasteiger partial charge in [-0.15, -0.1) is 0 Å². The predicted octanol–water partition coefficient (Wildman–Crippen LogP) is 12.4. The molecule has 2 unspecified atom stereocenters. The van der Waals surface area contributed by atoms with Crippen LogP contribution in [0, 0.1) is 0 Å². The maximum atomic E-state index is 12.7. The molecule has 0 heterocycles. The molecule has 9 nitrogen and oxygen atoms in total. The zero-order valence-electron chi connectivity index (χ0n) is 35.7. The fraction of sp³-hybridized carbons (Fsp3) is 0.864. The van der Waals surface area contributed by atoms with Crippen molar-refractivity contribution >= 4 is 19.8 Å². The number of rotatable bonds is 40. The molecule has 0 aliphatic heterocycles. The lowest BCUT2D eigenvalue weighted by Crippen LogP contribution is -2.37. The molecule has 1 N–H and O–H groups in total. The van der Waals surface area contributed by atoms with Crippen LogP contribution in [0.15, 0.2) is 24.3 Å². The lowest BCUT2D eigenvalue weighted by atomic mass is 10.1. The summed E-state index contributed by atoms with van der Waals surface area (Å²) in [4.78, 5) is 35.3. The van der Waals surface area contributed by atoms with Gasteiger partial charge in [-0.25, -0.2) is 4.57 Å². The third kappa shape index (κ3) is 40.2. The fourth-order valence-corrected chi connectivity index (χ4v) is 6.69. The average Bonchev–Trinajstić information content (AvgIpc) is 3.12. The van der Waals surface area contributed by atoms with Gasteiger partial charge in [0.25, 0.3) is 0 Å². The summed E-state index contributed by atoms with van der Waals surface area (Å²) in [7, 11) is 1.46. The smallest absolute Gasteiger partial charge is 0.462 e. The highest BCUT2D eigenvalue weighted by Gasteiger charge is 2.27. The standard InChI is InChI=1S/C44H84NO8P/c1-6-8-10-12-14-16-18-20-22-24-26-28-30-32-34-36-43(46)50-40-42(41-52-54(48,49)51-39-38-45(3,4)5)53-44(47)37-35-33-31-29-27-25-23-21-19-17-15-13-11-9-7-2/h26-29,42H,6-25,30-41H2,1-5H3/p+1/b28-26-,29-27-. The lowest BCUT2D eigenvalue weighted by molar-refractivity contribution is -0.870. The molecule has 318 valence electrons. The molecule has 0 aromatic rings. The van der Waals surface area contributed by atoms with E-state index in [-0.39, 0.29) is 26.1 Å². The Balaban J connectivity index is 4.41. The number of phosphoric acid groups is 1. The molecular formula is C44H85NO8P+. The molecule has 0 radical (unpaired) electrons. The number of hydrogen-bond acceptors (Lipinski definition) is 7. The van der Waals surface area contributed by atoms with E-state index in [0.29, 0.717) is 23.9 Å². The van der Waals surface area contributed by atoms with Gasteiger partial charge in [-0.3, -0.25) is 18.6 Å². The fourth-order valence-electron chi connectivity index (χ4n) is 5.94. The summed E-state index contributed by atoms with van der Waals surface area (Å²) in [5.41, 5.74) is 0. The van der Waals surface area contributed by atoms with E-state index in [1.54, 1.807) is 0 Å². The number of allylic oxidation sites excluding steroid dienone is 4. The van der Waals surface area contributed by atoms with Gasteiger partial charge >= 0.3 is 19.8 Å². The Morgan fingerprint density at radius 2 is 0.944 bits per heavy atom. The van der Waals surface area contributed by atoms with Crippen LogP contribution in [-0.2, 0) is 32.7 Å². The van der Waals surface area contributed by atoms with Crippen LogP contribution < -0.4 is 0 Å². The molecule has 0 aliphatic rings. The number of phosphoric ester groups is 1. The number of carbonyl (C=O) groups is 2. The first-order valence-corrected chi connectivity index (χ1v) is 23.6. The number of hydrogen-bond donors (Lipinski definition) is 1. The molecule has 0 aromatic heterocycles.